The molecule has 1 aromatic rings. The monoisotopic (exact) mass is 440 g/mol. The molecule has 1 aliphatic heterocycles. The van der Waals surface area contributed by atoms with E-state index < -0.39 is 19.8 Å². The van der Waals surface area contributed by atoms with Gasteiger partial charge in [-0.05, 0) is 0 Å². The van der Waals surface area contributed by atoms with E-state index in [2.05, 4.69) is 66.4 Å². The molecular formula is C21H32O3SeSi. The van der Waals surface area contributed by atoms with Gasteiger partial charge in [0.1, 0.15) is 0 Å². The fraction of sp³-hybridized carbons (Fsp3) is 0.571. The van der Waals surface area contributed by atoms with Crippen molar-refractivity contribution in [3.05, 3.63) is 38.5 Å². The van der Waals surface area contributed by atoms with Crippen LogP contribution < -0.4 is 4.46 Å². The first-order valence-electron chi connectivity index (χ1n) is 9.23. The Morgan fingerprint density at radius 1 is 1.19 bits per heavy atom. The van der Waals surface area contributed by atoms with Gasteiger partial charge in [-0.1, -0.05) is 0 Å². The molecule has 1 unspecified atom stereocenters. The zero-order valence-electron chi connectivity index (χ0n) is 17.6. The van der Waals surface area contributed by atoms with E-state index in [0.717, 1.165) is 0 Å². The number of aryl methyl sites for hydroxylation is 3. The first-order chi connectivity index (χ1) is 11.9. The summed E-state index contributed by atoms with van der Waals surface area (Å²) in [7, 11) is -1.76. The molecule has 0 N–H and O–H groups in total. The molecule has 0 saturated carbocycles. The normalized spacial score (nSPS) is 19.8. The number of rotatable bonds is 5. The van der Waals surface area contributed by atoms with Gasteiger partial charge in [-0.15, -0.1) is 0 Å². The number of hydrogen-bond acceptors (Lipinski definition) is 3. The third-order valence-corrected chi connectivity index (χ3v) is 10.8. The van der Waals surface area contributed by atoms with E-state index in [1.165, 1.54) is 30.8 Å². The number of esters is 1. The van der Waals surface area contributed by atoms with Crippen LogP contribution >= 0.6 is 0 Å². The Labute approximate surface area is 165 Å². The van der Waals surface area contributed by atoms with Crippen LogP contribution in [0.4, 0.5) is 0 Å². The van der Waals surface area contributed by atoms with E-state index in [9.17, 15) is 4.79 Å². The first kappa shape index (κ1) is 21.4. The molecule has 0 amide bonds. The fourth-order valence-corrected chi connectivity index (χ4v) is 10.1. The fourth-order valence-electron chi connectivity index (χ4n) is 3.58. The second-order valence-electron chi connectivity index (χ2n) is 8.58. The summed E-state index contributed by atoms with van der Waals surface area (Å²) < 4.78 is 14.4. The molecule has 0 bridgehead atoms. The van der Waals surface area contributed by atoms with Gasteiger partial charge >= 0.3 is 166 Å². The second-order valence-corrected chi connectivity index (χ2v) is 15.8. The molecule has 0 saturated heterocycles. The molecule has 0 aromatic heterocycles. The van der Waals surface area contributed by atoms with Gasteiger partial charge in [-0.3, -0.25) is 0 Å². The van der Waals surface area contributed by atoms with Crippen molar-refractivity contribution in [1.29, 1.82) is 0 Å². The van der Waals surface area contributed by atoms with Crippen LogP contribution in [0.25, 0.3) is 0 Å². The molecular weight excluding hydrogens is 407 g/mol. The topological polar surface area (TPSA) is 35.5 Å². The summed E-state index contributed by atoms with van der Waals surface area (Å²) in [6.07, 6.45) is -0.542. The molecule has 1 aromatic carbocycles. The molecule has 144 valence electrons. The van der Waals surface area contributed by atoms with Crippen molar-refractivity contribution in [2.45, 2.75) is 72.9 Å². The summed E-state index contributed by atoms with van der Waals surface area (Å²) in [5.41, 5.74) is 3.53. The van der Waals surface area contributed by atoms with Crippen molar-refractivity contribution in [3.63, 3.8) is 0 Å². The van der Waals surface area contributed by atoms with Gasteiger partial charge in [0.25, 0.3) is 0 Å². The zero-order chi connectivity index (χ0) is 19.9. The zero-order valence-corrected chi connectivity index (χ0v) is 20.3. The summed E-state index contributed by atoms with van der Waals surface area (Å²) in [6.45, 7) is 19.8. The molecule has 1 atom stereocenters. The van der Waals surface area contributed by atoms with E-state index in [-0.39, 0.29) is 20.9 Å². The summed E-state index contributed by atoms with van der Waals surface area (Å²) in [5.74, 6) is -0.235. The third-order valence-electron chi connectivity index (χ3n) is 4.58. The van der Waals surface area contributed by atoms with Gasteiger partial charge in [0.15, 0.2) is 0 Å². The quantitative estimate of drug-likeness (QED) is 0.517. The van der Waals surface area contributed by atoms with Crippen LogP contribution in [-0.2, 0) is 14.3 Å². The van der Waals surface area contributed by atoms with Crippen molar-refractivity contribution >= 4 is 33.5 Å². The van der Waals surface area contributed by atoms with Crippen LogP contribution in [0, 0.1) is 20.8 Å². The van der Waals surface area contributed by atoms with Crippen LogP contribution in [0.15, 0.2) is 21.8 Å². The Balaban J connectivity index is 2.60. The van der Waals surface area contributed by atoms with E-state index in [1.807, 2.05) is 6.92 Å². The van der Waals surface area contributed by atoms with E-state index in [0.29, 0.717) is 6.61 Å². The molecule has 3 nitrogen and oxygen atoms in total. The van der Waals surface area contributed by atoms with Gasteiger partial charge in [-0.2, -0.15) is 0 Å². The Kier molecular flexibility index (Phi) is 6.29. The summed E-state index contributed by atoms with van der Waals surface area (Å²) in [6, 6.07) is 4.51. The second kappa shape index (κ2) is 7.63. The van der Waals surface area contributed by atoms with Crippen molar-refractivity contribution in [2.75, 3.05) is 6.61 Å². The summed E-state index contributed by atoms with van der Waals surface area (Å²) in [4.78, 5) is 12.6. The molecule has 26 heavy (non-hydrogen) atoms. The molecule has 0 radical (unpaired) electrons. The molecule has 1 heterocycles. The SMILES string of the molecule is CCOC(=O)C1OC(C)(C)C([Se]c2c(C)cc(C)cc2C)=C1[Si](C)(C)C. The Morgan fingerprint density at radius 3 is 2.19 bits per heavy atom. The van der Waals surface area contributed by atoms with Crippen LogP contribution in [0.5, 0.6) is 0 Å². The molecule has 0 aliphatic carbocycles. The number of ether oxygens (including phenoxy) is 2. The van der Waals surface area contributed by atoms with Crippen LogP contribution in [0.2, 0.25) is 19.6 Å². The van der Waals surface area contributed by atoms with Gasteiger partial charge < -0.3 is 0 Å². The standard InChI is InChI=1S/C21H32O3SeSi/c1-10-23-20(22)16-18(26(7,8)9)19(21(5,6)24-16)25-17-14(3)11-13(2)12-15(17)4/h11-12,16H,10H2,1-9H3. The van der Waals surface area contributed by atoms with Gasteiger partial charge in [0.2, 0.25) is 0 Å². The van der Waals surface area contributed by atoms with Gasteiger partial charge in [-0.25, -0.2) is 0 Å². The first-order valence-corrected chi connectivity index (χ1v) is 14.4. The average molecular weight is 440 g/mol. The number of carbonyl (C=O) groups excluding carboxylic acids is 1. The minimum atomic E-state index is -1.76. The summed E-state index contributed by atoms with van der Waals surface area (Å²) >= 11 is 0.127. The van der Waals surface area contributed by atoms with Crippen LogP contribution in [0.3, 0.4) is 0 Å². The molecule has 5 heteroatoms. The summed E-state index contributed by atoms with van der Waals surface area (Å²) in [5, 5.41) is 1.24. The van der Waals surface area contributed by atoms with Crippen LogP contribution in [0.1, 0.15) is 37.5 Å². The molecule has 0 spiro atoms. The van der Waals surface area contributed by atoms with E-state index in [1.54, 1.807) is 0 Å². The van der Waals surface area contributed by atoms with Gasteiger partial charge in [0, 0.05) is 0 Å². The van der Waals surface area contributed by atoms with Crippen molar-refractivity contribution in [1.82, 2.24) is 0 Å². The van der Waals surface area contributed by atoms with Crippen molar-refractivity contribution in [2.24, 2.45) is 0 Å². The van der Waals surface area contributed by atoms with Crippen molar-refractivity contribution in [3.8, 4) is 0 Å². The maximum atomic E-state index is 12.6. The van der Waals surface area contributed by atoms with E-state index in [4.69, 9.17) is 9.47 Å². The van der Waals surface area contributed by atoms with Crippen LogP contribution in [-0.4, -0.2) is 47.3 Å². The average Bonchev–Trinajstić information content (AvgIpc) is 2.74. The van der Waals surface area contributed by atoms with E-state index >= 15 is 0 Å². The minimum absolute atomic E-state index is 0.127. The molecule has 2 rings (SSSR count). The predicted molar refractivity (Wildman–Crippen MR) is 112 cm³/mol. The number of carbonyl (C=O) groups is 1. The Morgan fingerprint density at radius 2 is 1.73 bits per heavy atom. The predicted octanol–water partition coefficient (Wildman–Crippen LogP) is 3.81. The van der Waals surface area contributed by atoms with Crippen molar-refractivity contribution < 1.29 is 14.3 Å². The number of benzene rings is 1. The third kappa shape index (κ3) is 4.33. The number of hydrogen-bond donors (Lipinski definition) is 0. The molecule has 0 fully saturated rings. The Hall–Kier alpha value is -0.874. The maximum absolute atomic E-state index is 12.6. The Bertz CT molecular complexity index is 721. The molecule has 1 aliphatic rings. The van der Waals surface area contributed by atoms with Gasteiger partial charge in [0.05, 0.1) is 0 Å².